The number of benzene rings is 1. The molecule has 0 bridgehead atoms. The van der Waals surface area contributed by atoms with Crippen molar-refractivity contribution in [3.63, 3.8) is 0 Å². The molecule has 2 aromatic rings. The van der Waals surface area contributed by atoms with Crippen molar-refractivity contribution in [2.24, 2.45) is 0 Å². The van der Waals surface area contributed by atoms with E-state index in [1.54, 1.807) is 6.20 Å². The van der Waals surface area contributed by atoms with Gasteiger partial charge in [-0.3, -0.25) is 4.98 Å². The van der Waals surface area contributed by atoms with Crippen LogP contribution in [0.4, 0.5) is 5.69 Å². The van der Waals surface area contributed by atoms with Gasteiger partial charge in [-0.1, -0.05) is 31.2 Å². The molecule has 1 aromatic heterocycles. The van der Waals surface area contributed by atoms with Gasteiger partial charge in [-0.05, 0) is 24.1 Å². The second kappa shape index (κ2) is 6.34. The fraction of sp³-hybridized carbons (Fsp3) is 0.312. The Labute approximate surface area is 114 Å². The van der Waals surface area contributed by atoms with Crippen molar-refractivity contribution in [2.45, 2.75) is 26.0 Å². The molecule has 1 unspecified atom stereocenters. The summed E-state index contributed by atoms with van der Waals surface area (Å²) in [5, 5.41) is 10.1. The summed E-state index contributed by atoms with van der Waals surface area (Å²) in [5.41, 5.74) is 3.21. The maximum atomic E-state index is 10.1. The Balaban J connectivity index is 2.21. The van der Waals surface area contributed by atoms with Gasteiger partial charge in [-0.2, -0.15) is 0 Å². The van der Waals surface area contributed by atoms with Crippen LogP contribution in [0.1, 0.15) is 30.6 Å². The average molecular weight is 256 g/mol. The third kappa shape index (κ3) is 3.32. The van der Waals surface area contributed by atoms with E-state index in [-0.39, 0.29) is 0 Å². The smallest absolute Gasteiger partial charge is 0.0807 e. The van der Waals surface area contributed by atoms with Gasteiger partial charge in [-0.25, -0.2) is 0 Å². The molecule has 0 saturated carbocycles. The summed E-state index contributed by atoms with van der Waals surface area (Å²) in [7, 11) is 2.04. The fourth-order valence-corrected chi connectivity index (χ4v) is 2.19. The van der Waals surface area contributed by atoms with Crippen LogP contribution in [0.5, 0.6) is 0 Å². The Hall–Kier alpha value is -1.87. The molecule has 1 heterocycles. The minimum atomic E-state index is -0.410. The molecule has 0 aliphatic heterocycles. The Bertz CT molecular complexity index is 513. The molecule has 3 nitrogen and oxygen atoms in total. The van der Waals surface area contributed by atoms with Crippen LogP contribution in [0.15, 0.2) is 48.8 Å². The second-order valence-corrected chi connectivity index (χ2v) is 4.70. The monoisotopic (exact) mass is 256 g/mol. The molecule has 0 aliphatic carbocycles. The summed E-state index contributed by atoms with van der Waals surface area (Å²) < 4.78 is 0. The van der Waals surface area contributed by atoms with E-state index in [4.69, 9.17) is 0 Å². The number of pyridine rings is 1. The lowest BCUT2D eigenvalue weighted by molar-refractivity contribution is 0.174. The normalized spacial score (nSPS) is 12.2. The molecule has 0 aliphatic rings. The van der Waals surface area contributed by atoms with Gasteiger partial charge in [0.05, 0.1) is 6.10 Å². The van der Waals surface area contributed by atoms with Gasteiger partial charge in [0.15, 0.2) is 0 Å². The Morgan fingerprint density at radius 1 is 1.21 bits per heavy atom. The minimum absolute atomic E-state index is 0.410. The summed E-state index contributed by atoms with van der Waals surface area (Å²) in [6.07, 6.45) is 3.96. The van der Waals surface area contributed by atoms with Gasteiger partial charge in [0, 0.05) is 37.2 Å². The Kier molecular flexibility index (Phi) is 4.53. The van der Waals surface area contributed by atoms with Gasteiger partial charge in [0.1, 0.15) is 0 Å². The van der Waals surface area contributed by atoms with E-state index >= 15 is 0 Å². The number of hydrogen-bond acceptors (Lipinski definition) is 3. The fourth-order valence-electron chi connectivity index (χ4n) is 2.19. The first kappa shape index (κ1) is 13.6. The highest BCUT2D eigenvalue weighted by Crippen LogP contribution is 2.28. The lowest BCUT2D eigenvalue weighted by atomic mass is 10.0. The Morgan fingerprint density at radius 2 is 2.00 bits per heavy atom. The van der Waals surface area contributed by atoms with Gasteiger partial charge >= 0.3 is 0 Å². The lowest BCUT2D eigenvalue weighted by Crippen LogP contribution is -2.19. The maximum Gasteiger partial charge on any atom is 0.0807 e. The van der Waals surface area contributed by atoms with Crippen molar-refractivity contribution >= 4 is 5.69 Å². The topological polar surface area (TPSA) is 36.4 Å². The van der Waals surface area contributed by atoms with Crippen LogP contribution in [0.3, 0.4) is 0 Å². The standard InChI is InChI=1S/C16H20N2O/c1-3-16(19)14-8-4-5-9-15(14)18(2)12-13-7-6-10-17-11-13/h4-11,16,19H,3,12H2,1-2H3. The first-order valence-corrected chi connectivity index (χ1v) is 6.59. The van der Waals surface area contributed by atoms with E-state index in [9.17, 15) is 5.11 Å². The molecule has 3 heteroatoms. The van der Waals surface area contributed by atoms with Crippen molar-refractivity contribution < 1.29 is 5.11 Å². The van der Waals surface area contributed by atoms with Crippen molar-refractivity contribution in [1.29, 1.82) is 0 Å². The van der Waals surface area contributed by atoms with Gasteiger partial charge < -0.3 is 10.0 Å². The van der Waals surface area contributed by atoms with Crippen LogP contribution in [-0.4, -0.2) is 17.1 Å². The highest BCUT2D eigenvalue weighted by Gasteiger charge is 2.13. The largest absolute Gasteiger partial charge is 0.388 e. The van der Waals surface area contributed by atoms with Crippen molar-refractivity contribution in [2.75, 3.05) is 11.9 Å². The molecule has 1 atom stereocenters. The van der Waals surface area contributed by atoms with Crippen molar-refractivity contribution in [3.8, 4) is 0 Å². The van der Waals surface area contributed by atoms with E-state index in [2.05, 4.69) is 16.0 Å². The second-order valence-electron chi connectivity index (χ2n) is 4.70. The number of anilines is 1. The van der Waals surface area contributed by atoms with Gasteiger partial charge in [-0.15, -0.1) is 0 Å². The van der Waals surface area contributed by atoms with Crippen molar-refractivity contribution in [3.05, 3.63) is 59.9 Å². The van der Waals surface area contributed by atoms with E-state index in [1.807, 2.05) is 50.5 Å². The summed E-state index contributed by atoms with van der Waals surface area (Å²) >= 11 is 0. The SMILES string of the molecule is CCC(O)c1ccccc1N(C)Cc1cccnc1. The first-order valence-electron chi connectivity index (χ1n) is 6.59. The van der Waals surface area contributed by atoms with E-state index in [1.165, 1.54) is 0 Å². The molecular formula is C16H20N2O. The molecule has 2 rings (SSSR count). The first-order chi connectivity index (χ1) is 9.22. The molecule has 19 heavy (non-hydrogen) atoms. The van der Waals surface area contributed by atoms with Crippen molar-refractivity contribution in [1.82, 2.24) is 4.98 Å². The average Bonchev–Trinajstić information content (AvgIpc) is 2.47. The number of hydrogen-bond donors (Lipinski definition) is 1. The highest BCUT2D eigenvalue weighted by atomic mass is 16.3. The third-order valence-corrected chi connectivity index (χ3v) is 3.24. The lowest BCUT2D eigenvalue weighted by Gasteiger charge is -2.24. The number of rotatable bonds is 5. The van der Waals surface area contributed by atoms with Crippen LogP contribution < -0.4 is 4.90 Å². The summed E-state index contributed by atoms with van der Waals surface area (Å²) in [5.74, 6) is 0. The zero-order valence-electron chi connectivity index (χ0n) is 11.5. The summed E-state index contributed by atoms with van der Waals surface area (Å²) in [4.78, 5) is 6.27. The van der Waals surface area contributed by atoms with E-state index in [0.717, 1.165) is 29.8 Å². The van der Waals surface area contributed by atoms with Crippen LogP contribution in [0, 0.1) is 0 Å². The number of aromatic nitrogens is 1. The predicted molar refractivity (Wildman–Crippen MR) is 78.0 cm³/mol. The molecule has 1 N–H and O–H groups in total. The summed E-state index contributed by atoms with van der Waals surface area (Å²) in [6.45, 7) is 2.77. The number of aliphatic hydroxyl groups is 1. The molecule has 100 valence electrons. The van der Waals surface area contributed by atoms with E-state index in [0.29, 0.717) is 0 Å². The van der Waals surface area contributed by atoms with Crippen LogP contribution >= 0.6 is 0 Å². The Morgan fingerprint density at radius 3 is 2.68 bits per heavy atom. The molecule has 0 fully saturated rings. The molecule has 0 spiro atoms. The number of para-hydroxylation sites is 1. The van der Waals surface area contributed by atoms with Gasteiger partial charge in [0.25, 0.3) is 0 Å². The van der Waals surface area contributed by atoms with E-state index < -0.39 is 6.10 Å². The quantitative estimate of drug-likeness (QED) is 0.892. The third-order valence-electron chi connectivity index (χ3n) is 3.24. The molecule has 0 radical (unpaired) electrons. The minimum Gasteiger partial charge on any atom is -0.388 e. The highest BCUT2D eigenvalue weighted by molar-refractivity contribution is 5.54. The number of nitrogens with zero attached hydrogens (tertiary/aromatic N) is 2. The predicted octanol–water partition coefficient (Wildman–Crippen LogP) is 3.16. The van der Waals surface area contributed by atoms with Crippen LogP contribution in [-0.2, 0) is 6.54 Å². The molecular weight excluding hydrogens is 236 g/mol. The molecule has 1 aromatic carbocycles. The molecule has 0 amide bonds. The number of aliphatic hydroxyl groups excluding tert-OH is 1. The molecule has 0 saturated heterocycles. The van der Waals surface area contributed by atoms with Crippen LogP contribution in [0.2, 0.25) is 0 Å². The van der Waals surface area contributed by atoms with Crippen LogP contribution in [0.25, 0.3) is 0 Å². The zero-order valence-corrected chi connectivity index (χ0v) is 11.5. The van der Waals surface area contributed by atoms with Gasteiger partial charge in [0.2, 0.25) is 0 Å². The summed E-state index contributed by atoms with van der Waals surface area (Å²) in [6, 6.07) is 12.0. The maximum absolute atomic E-state index is 10.1. The zero-order chi connectivity index (χ0) is 13.7.